The third-order valence-electron chi connectivity index (χ3n) is 3.91. The fourth-order valence-electron chi connectivity index (χ4n) is 2.55. The number of rotatable bonds is 5. The van der Waals surface area contributed by atoms with Gasteiger partial charge >= 0.3 is 5.97 Å². The molecule has 1 amide bonds. The van der Waals surface area contributed by atoms with Crippen LogP contribution >= 0.6 is 39.0 Å². The van der Waals surface area contributed by atoms with Crippen LogP contribution in [0, 0.1) is 0 Å². The first kappa shape index (κ1) is 19.9. The Balaban J connectivity index is 2.10. The van der Waals surface area contributed by atoms with Crippen molar-refractivity contribution in [2.24, 2.45) is 4.99 Å². The number of hydrogen-bond acceptors (Lipinski definition) is 5. The van der Waals surface area contributed by atoms with E-state index in [0.717, 1.165) is 27.0 Å². The summed E-state index contributed by atoms with van der Waals surface area (Å²) in [5.74, 6) is 0.218. The Labute approximate surface area is 173 Å². The first-order chi connectivity index (χ1) is 13.0. The second-order valence-electron chi connectivity index (χ2n) is 5.63. The number of benzene rings is 2. The topological polar surface area (TPSA) is 60.7 Å². The van der Waals surface area contributed by atoms with Crippen molar-refractivity contribution in [1.29, 1.82) is 0 Å². The van der Waals surface area contributed by atoms with Gasteiger partial charge in [-0.25, -0.2) is 4.79 Å². The lowest BCUT2D eigenvalue weighted by Gasteiger charge is -2.04. The van der Waals surface area contributed by atoms with E-state index in [9.17, 15) is 9.59 Å². The van der Waals surface area contributed by atoms with Crippen LogP contribution in [0.15, 0.2) is 51.9 Å². The number of hydrogen-bond donors (Lipinski definition) is 0. The fraction of sp³-hybridized carbons (Fsp3) is 0.211. The molecular formula is C19H17BrN2O3S2. The monoisotopic (exact) mass is 464 g/mol. The highest BCUT2D eigenvalue weighted by Gasteiger charge is 2.12. The molecular weight excluding hydrogens is 448 g/mol. The zero-order chi connectivity index (χ0) is 19.4. The zero-order valence-electron chi connectivity index (χ0n) is 14.8. The SMILES string of the molecule is COC(=O)c1ccc2c(c1)sc(=NC(=O)c1ccc(Br)cc1)n2CCSC. The lowest BCUT2D eigenvalue weighted by Crippen LogP contribution is -2.18. The van der Waals surface area contributed by atoms with Gasteiger partial charge in [0.25, 0.3) is 5.91 Å². The molecule has 0 saturated heterocycles. The van der Waals surface area contributed by atoms with Crippen molar-refractivity contribution in [2.45, 2.75) is 6.54 Å². The number of carbonyl (C=O) groups is 2. The molecule has 2 aromatic carbocycles. The predicted octanol–water partition coefficient (Wildman–Crippen LogP) is 4.36. The molecule has 0 aliphatic heterocycles. The molecule has 3 rings (SSSR count). The fourth-order valence-corrected chi connectivity index (χ4v) is 4.27. The Bertz CT molecular complexity index is 1050. The van der Waals surface area contributed by atoms with E-state index in [2.05, 4.69) is 20.9 Å². The summed E-state index contributed by atoms with van der Waals surface area (Å²) in [4.78, 5) is 29.3. The maximum Gasteiger partial charge on any atom is 0.337 e. The molecule has 0 N–H and O–H groups in total. The lowest BCUT2D eigenvalue weighted by atomic mass is 10.2. The average Bonchev–Trinajstić information content (AvgIpc) is 3.02. The van der Waals surface area contributed by atoms with E-state index in [1.54, 1.807) is 36.0 Å². The number of carbonyl (C=O) groups excluding carboxylic acids is 2. The van der Waals surface area contributed by atoms with Crippen LogP contribution in [0.2, 0.25) is 0 Å². The summed E-state index contributed by atoms with van der Waals surface area (Å²) in [5.41, 5.74) is 1.96. The Morgan fingerprint density at radius 2 is 1.89 bits per heavy atom. The molecule has 3 aromatic rings. The quantitative estimate of drug-likeness (QED) is 0.526. The number of thioether (sulfide) groups is 1. The Morgan fingerprint density at radius 3 is 2.56 bits per heavy atom. The number of methoxy groups -OCH3 is 1. The molecule has 0 aliphatic carbocycles. The van der Waals surface area contributed by atoms with Crippen LogP contribution in [0.4, 0.5) is 0 Å². The van der Waals surface area contributed by atoms with Crippen molar-refractivity contribution in [3.63, 3.8) is 0 Å². The number of amides is 1. The van der Waals surface area contributed by atoms with Gasteiger partial charge in [-0.2, -0.15) is 16.8 Å². The van der Waals surface area contributed by atoms with E-state index >= 15 is 0 Å². The number of thiazole rings is 1. The highest BCUT2D eigenvalue weighted by molar-refractivity contribution is 9.10. The number of aromatic nitrogens is 1. The predicted molar refractivity (Wildman–Crippen MR) is 114 cm³/mol. The van der Waals surface area contributed by atoms with Crippen LogP contribution in [-0.4, -0.2) is 35.6 Å². The molecule has 0 unspecified atom stereocenters. The molecule has 0 spiro atoms. The summed E-state index contributed by atoms with van der Waals surface area (Å²) in [6, 6.07) is 12.5. The van der Waals surface area contributed by atoms with Crippen LogP contribution in [0.1, 0.15) is 20.7 Å². The number of ether oxygens (including phenoxy) is 1. The van der Waals surface area contributed by atoms with Crippen molar-refractivity contribution in [2.75, 3.05) is 19.1 Å². The van der Waals surface area contributed by atoms with Crippen molar-refractivity contribution in [3.05, 3.63) is 62.9 Å². The van der Waals surface area contributed by atoms with Gasteiger partial charge in [0.1, 0.15) is 0 Å². The molecule has 27 heavy (non-hydrogen) atoms. The van der Waals surface area contributed by atoms with Crippen LogP contribution in [-0.2, 0) is 11.3 Å². The second-order valence-corrected chi connectivity index (χ2v) is 8.54. The molecule has 140 valence electrons. The third-order valence-corrected chi connectivity index (χ3v) is 6.07. The van der Waals surface area contributed by atoms with Gasteiger partial charge in [-0.1, -0.05) is 27.3 Å². The van der Waals surface area contributed by atoms with Gasteiger partial charge in [0.2, 0.25) is 0 Å². The Kier molecular flexibility index (Phi) is 6.51. The van der Waals surface area contributed by atoms with E-state index in [-0.39, 0.29) is 11.9 Å². The number of halogens is 1. The molecule has 8 heteroatoms. The van der Waals surface area contributed by atoms with E-state index in [0.29, 0.717) is 15.9 Å². The van der Waals surface area contributed by atoms with E-state index in [1.165, 1.54) is 18.4 Å². The summed E-state index contributed by atoms with van der Waals surface area (Å²) in [6.07, 6.45) is 2.04. The minimum absolute atomic E-state index is 0.292. The zero-order valence-corrected chi connectivity index (χ0v) is 18.0. The van der Waals surface area contributed by atoms with Gasteiger partial charge in [0, 0.05) is 22.3 Å². The van der Waals surface area contributed by atoms with Gasteiger partial charge < -0.3 is 9.30 Å². The average molecular weight is 465 g/mol. The molecule has 0 bridgehead atoms. The molecule has 0 radical (unpaired) electrons. The first-order valence-corrected chi connectivity index (χ1v) is 11.1. The van der Waals surface area contributed by atoms with Gasteiger partial charge in [-0.3, -0.25) is 4.79 Å². The van der Waals surface area contributed by atoms with Crippen molar-refractivity contribution >= 4 is 61.1 Å². The number of esters is 1. The molecule has 0 aliphatic rings. The molecule has 5 nitrogen and oxygen atoms in total. The number of fused-ring (bicyclic) bond motifs is 1. The van der Waals surface area contributed by atoms with Crippen molar-refractivity contribution < 1.29 is 14.3 Å². The molecule has 1 heterocycles. The van der Waals surface area contributed by atoms with Gasteiger partial charge in [0.05, 0.1) is 22.9 Å². The Hall–Kier alpha value is -1.90. The standard InChI is InChI=1S/C19H17BrN2O3S2/c1-25-18(24)13-5-8-15-16(11-13)27-19(22(15)9-10-26-2)21-17(23)12-3-6-14(20)7-4-12/h3-8,11H,9-10H2,1-2H3. The van der Waals surface area contributed by atoms with E-state index in [1.807, 2.05) is 29.0 Å². The van der Waals surface area contributed by atoms with Crippen LogP contribution in [0.3, 0.4) is 0 Å². The van der Waals surface area contributed by atoms with Gasteiger partial charge in [0.15, 0.2) is 4.80 Å². The smallest absolute Gasteiger partial charge is 0.337 e. The molecule has 0 atom stereocenters. The van der Waals surface area contributed by atoms with Crippen LogP contribution in [0.5, 0.6) is 0 Å². The minimum Gasteiger partial charge on any atom is -0.465 e. The highest BCUT2D eigenvalue weighted by atomic mass is 79.9. The molecule has 0 fully saturated rings. The molecule has 1 aromatic heterocycles. The third kappa shape index (κ3) is 4.51. The maximum atomic E-state index is 12.6. The largest absolute Gasteiger partial charge is 0.465 e. The Morgan fingerprint density at radius 1 is 1.19 bits per heavy atom. The number of nitrogens with zero attached hydrogens (tertiary/aromatic N) is 2. The van der Waals surface area contributed by atoms with Gasteiger partial charge in [-0.15, -0.1) is 0 Å². The summed E-state index contributed by atoms with van der Waals surface area (Å²) in [5, 5.41) is 0. The second kappa shape index (κ2) is 8.86. The van der Waals surface area contributed by atoms with Crippen molar-refractivity contribution in [1.82, 2.24) is 4.57 Å². The van der Waals surface area contributed by atoms with Crippen LogP contribution < -0.4 is 4.80 Å². The summed E-state index contributed by atoms with van der Waals surface area (Å²) in [6.45, 7) is 0.727. The van der Waals surface area contributed by atoms with E-state index < -0.39 is 0 Å². The van der Waals surface area contributed by atoms with Crippen LogP contribution in [0.25, 0.3) is 10.2 Å². The van der Waals surface area contributed by atoms with E-state index in [4.69, 9.17) is 4.74 Å². The minimum atomic E-state index is -0.384. The number of aryl methyl sites for hydroxylation is 1. The highest BCUT2D eigenvalue weighted by Crippen LogP contribution is 2.20. The first-order valence-electron chi connectivity index (χ1n) is 8.08. The summed E-state index contributed by atoms with van der Waals surface area (Å²) >= 11 is 6.48. The van der Waals surface area contributed by atoms with Crippen molar-refractivity contribution in [3.8, 4) is 0 Å². The summed E-state index contributed by atoms with van der Waals surface area (Å²) < 4.78 is 8.61. The summed E-state index contributed by atoms with van der Waals surface area (Å²) in [7, 11) is 1.36. The normalized spacial score (nSPS) is 11.7. The molecule has 0 saturated carbocycles. The van der Waals surface area contributed by atoms with Gasteiger partial charge in [-0.05, 0) is 48.7 Å². The maximum absolute atomic E-state index is 12.6. The lowest BCUT2D eigenvalue weighted by molar-refractivity contribution is 0.0601.